The highest BCUT2D eigenvalue weighted by molar-refractivity contribution is 5.92. The number of aromatic amines is 1. The van der Waals surface area contributed by atoms with Gasteiger partial charge in [0.25, 0.3) is 5.56 Å². The zero-order valence-corrected chi connectivity index (χ0v) is 15.0. The third kappa shape index (κ3) is 3.17. The van der Waals surface area contributed by atoms with Crippen LogP contribution >= 0.6 is 0 Å². The van der Waals surface area contributed by atoms with Gasteiger partial charge in [-0.3, -0.25) is 9.36 Å². The maximum atomic E-state index is 12.9. The molecule has 0 aliphatic heterocycles. The Morgan fingerprint density at radius 1 is 1.07 bits per heavy atom. The van der Waals surface area contributed by atoms with Gasteiger partial charge in [0.2, 0.25) is 0 Å². The molecular weight excluding hydrogens is 352 g/mol. The minimum absolute atomic E-state index is 0.0109. The first-order valence-electron chi connectivity index (χ1n) is 8.11. The fourth-order valence-corrected chi connectivity index (χ4v) is 2.98. The molecular formula is C19H18N2O6. The zero-order valence-electron chi connectivity index (χ0n) is 15.0. The van der Waals surface area contributed by atoms with E-state index in [1.54, 1.807) is 25.1 Å². The highest BCUT2D eigenvalue weighted by Crippen LogP contribution is 2.30. The van der Waals surface area contributed by atoms with E-state index in [1.165, 1.54) is 32.4 Å². The molecule has 27 heavy (non-hydrogen) atoms. The van der Waals surface area contributed by atoms with E-state index in [4.69, 9.17) is 14.6 Å². The van der Waals surface area contributed by atoms with Gasteiger partial charge >= 0.3 is 11.7 Å². The van der Waals surface area contributed by atoms with Crippen LogP contribution in [0, 0.1) is 0 Å². The summed E-state index contributed by atoms with van der Waals surface area (Å²) in [6, 6.07) is 8.56. The first-order chi connectivity index (χ1) is 12.9. The van der Waals surface area contributed by atoms with E-state index < -0.39 is 23.3 Å². The second-order valence-corrected chi connectivity index (χ2v) is 5.96. The van der Waals surface area contributed by atoms with E-state index in [1.807, 2.05) is 0 Å². The fraction of sp³-hybridized carbons (Fsp3) is 0.211. The number of benzene rings is 2. The van der Waals surface area contributed by atoms with Gasteiger partial charge in [0.15, 0.2) is 11.5 Å². The van der Waals surface area contributed by atoms with Gasteiger partial charge in [0, 0.05) is 0 Å². The molecule has 0 fully saturated rings. The Kier molecular flexibility index (Phi) is 4.72. The van der Waals surface area contributed by atoms with E-state index in [2.05, 4.69) is 4.98 Å². The van der Waals surface area contributed by atoms with Crippen LogP contribution in [-0.2, 0) is 0 Å². The summed E-state index contributed by atoms with van der Waals surface area (Å²) in [6.45, 7) is 1.72. The summed E-state index contributed by atoms with van der Waals surface area (Å²) in [6.07, 6.45) is 0. The molecule has 0 saturated carbocycles. The van der Waals surface area contributed by atoms with Gasteiger partial charge in [-0.05, 0) is 42.8 Å². The van der Waals surface area contributed by atoms with Gasteiger partial charge in [0.1, 0.15) is 0 Å². The summed E-state index contributed by atoms with van der Waals surface area (Å²) in [5, 5.41) is 9.30. The molecule has 1 unspecified atom stereocenters. The average Bonchev–Trinajstić information content (AvgIpc) is 2.66. The Labute approximate surface area is 153 Å². The number of fused-ring (bicyclic) bond motifs is 1. The molecule has 8 nitrogen and oxygen atoms in total. The van der Waals surface area contributed by atoms with Crippen molar-refractivity contribution in [2.75, 3.05) is 14.2 Å². The van der Waals surface area contributed by atoms with Crippen molar-refractivity contribution in [2.45, 2.75) is 13.0 Å². The molecule has 3 rings (SSSR count). The Morgan fingerprint density at radius 2 is 1.78 bits per heavy atom. The van der Waals surface area contributed by atoms with Crippen LogP contribution in [0.4, 0.5) is 0 Å². The highest BCUT2D eigenvalue weighted by Gasteiger charge is 2.18. The number of carboxylic acid groups (broad SMARTS) is 1. The van der Waals surface area contributed by atoms with Crippen LogP contribution in [0.15, 0.2) is 46.0 Å². The number of hydrogen-bond acceptors (Lipinski definition) is 5. The van der Waals surface area contributed by atoms with Gasteiger partial charge in [-0.1, -0.05) is 6.07 Å². The molecule has 2 aromatic carbocycles. The fourth-order valence-electron chi connectivity index (χ4n) is 2.98. The van der Waals surface area contributed by atoms with Crippen LogP contribution in [-0.4, -0.2) is 34.8 Å². The molecule has 140 valence electrons. The van der Waals surface area contributed by atoms with Crippen molar-refractivity contribution in [3.8, 4) is 11.5 Å². The number of ether oxygens (including phenoxy) is 2. The Morgan fingerprint density at radius 3 is 2.41 bits per heavy atom. The largest absolute Gasteiger partial charge is 0.493 e. The molecule has 1 atom stereocenters. The number of carbonyl (C=O) groups is 1. The monoisotopic (exact) mass is 370 g/mol. The average molecular weight is 370 g/mol. The molecule has 0 aliphatic carbocycles. The Hall–Kier alpha value is -3.55. The van der Waals surface area contributed by atoms with E-state index >= 15 is 0 Å². The van der Waals surface area contributed by atoms with Crippen LogP contribution in [0.2, 0.25) is 0 Å². The number of nitrogens with zero attached hydrogens (tertiary/aromatic N) is 1. The normalized spacial score (nSPS) is 12.0. The van der Waals surface area contributed by atoms with Gasteiger partial charge in [0.05, 0.1) is 36.7 Å². The van der Waals surface area contributed by atoms with E-state index in [0.717, 1.165) is 4.57 Å². The van der Waals surface area contributed by atoms with Crippen molar-refractivity contribution in [1.29, 1.82) is 0 Å². The lowest BCUT2D eigenvalue weighted by molar-refractivity contribution is 0.0697. The molecule has 0 amide bonds. The van der Waals surface area contributed by atoms with Gasteiger partial charge < -0.3 is 19.6 Å². The first-order valence-corrected chi connectivity index (χ1v) is 8.11. The summed E-state index contributed by atoms with van der Waals surface area (Å²) in [4.78, 5) is 39.1. The minimum atomic E-state index is -1.14. The maximum absolute atomic E-state index is 12.9. The summed E-state index contributed by atoms with van der Waals surface area (Å²) in [5.74, 6) is -0.117. The summed E-state index contributed by atoms with van der Waals surface area (Å²) in [7, 11) is 3.02. The summed E-state index contributed by atoms with van der Waals surface area (Å²) < 4.78 is 11.6. The van der Waals surface area contributed by atoms with Crippen LogP contribution in [0.1, 0.15) is 28.9 Å². The molecule has 3 aromatic rings. The summed E-state index contributed by atoms with van der Waals surface area (Å²) in [5.41, 5.74) is -0.282. The second kappa shape index (κ2) is 6.99. The predicted octanol–water partition coefficient (Wildman–Crippen LogP) is 2.01. The highest BCUT2D eigenvalue weighted by atomic mass is 16.5. The third-order valence-electron chi connectivity index (χ3n) is 4.45. The lowest BCUT2D eigenvalue weighted by Crippen LogP contribution is -2.37. The molecule has 0 bridgehead atoms. The SMILES string of the molecule is COc1ccc(C(C)n2c(=O)[nH]c3cc(C(=O)O)ccc3c2=O)cc1OC. The predicted molar refractivity (Wildman–Crippen MR) is 99.1 cm³/mol. The molecule has 8 heteroatoms. The quantitative estimate of drug-likeness (QED) is 0.711. The molecule has 1 aromatic heterocycles. The van der Waals surface area contributed by atoms with Crippen LogP contribution in [0.5, 0.6) is 11.5 Å². The number of aromatic nitrogens is 2. The van der Waals surface area contributed by atoms with Crippen molar-refractivity contribution in [3.05, 3.63) is 68.4 Å². The van der Waals surface area contributed by atoms with E-state index in [-0.39, 0.29) is 16.5 Å². The van der Waals surface area contributed by atoms with Gasteiger partial charge in [-0.15, -0.1) is 0 Å². The van der Waals surface area contributed by atoms with Crippen LogP contribution in [0.3, 0.4) is 0 Å². The summed E-state index contributed by atoms with van der Waals surface area (Å²) >= 11 is 0. The van der Waals surface area contributed by atoms with Crippen LogP contribution in [0.25, 0.3) is 10.9 Å². The van der Waals surface area contributed by atoms with Crippen molar-refractivity contribution in [2.24, 2.45) is 0 Å². The molecule has 0 spiro atoms. The smallest absolute Gasteiger partial charge is 0.335 e. The number of hydrogen-bond donors (Lipinski definition) is 2. The maximum Gasteiger partial charge on any atom is 0.335 e. The van der Waals surface area contributed by atoms with Crippen molar-refractivity contribution < 1.29 is 19.4 Å². The van der Waals surface area contributed by atoms with Gasteiger partial charge in [-0.2, -0.15) is 0 Å². The minimum Gasteiger partial charge on any atom is -0.493 e. The van der Waals surface area contributed by atoms with E-state index in [9.17, 15) is 14.4 Å². The number of aromatic carboxylic acids is 1. The molecule has 0 aliphatic rings. The van der Waals surface area contributed by atoms with Crippen LogP contribution < -0.4 is 20.7 Å². The number of methoxy groups -OCH3 is 2. The number of nitrogens with one attached hydrogen (secondary N) is 1. The van der Waals surface area contributed by atoms with Crippen molar-refractivity contribution in [1.82, 2.24) is 9.55 Å². The number of carboxylic acids is 1. The molecule has 0 saturated heterocycles. The van der Waals surface area contributed by atoms with Gasteiger partial charge in [-0.25, -0.2) is 9.59 Å². The number of rotatable bonds is 5. The molecule has 0 radical (unpaired) electrons. The molecule has 1 heterocycles. The zero-order chi connectivity index (χ0) is 19.7. The first kappa shape index (κ1) is 18.2. The number of H-pyrrole nitrogens is 1. The van der Waals surface area contributed by atoms with Crippen molar-refractivity contribution >= 4 is 16.9 Å². The van der Waals surface area contributed by atoms with E-state index in [0.29, 0.717) is 17.1 Å². The lowest BCUT2D eigenvalue weighted by atomic mass is 10.1. The van der Waals surface area contributed by atoms with Crippen molar-refractivity contribution in [3.63, 3.8) is 0 Å². The standard InChI is InChI=1S/C19H18N2O6/c1-10(11-5-7-15(26-2)16(9-11)27-3)21-17(22)13-6-4-12(18(23)24)8-14(13)20-19(21)25/h4-10H,1-3H3,(H,20,25)(H,23,24). The Balaban J connectivity index is 2.16. The third-order valence-corrected chi connectivity index (χ3v) is 4.45. The lowest BCUT2D eigenvalue weighted by Gasteiger charge is -2.17. The topological polar surface area (TPSA) is 111 Å². The second-order valence-electron chi connectivity index (χ2n) is 5.96. The Bertz CT molecular complexity index is 1150. The molecule has 2 N–H and O–H groups in total.